The number of nitrogens with zero attached hydrogens (tertiary/aromatic N) is 1. The first-order valence-corrected chi connectivity index (χ1v) is 10.9. The number of halogens is 2. The number of piperidine rings is 1. The molecule has 1 unspecified atom stereocenters. The molecular weight excluding hydrogens is 399 g/mol. The van der Waals surface area contributed by atoms with Crippen molar-refractivity contribution in [2.24, 2.45) is 5.92 Å². The lowest BCUT2D eigenvalue weighted by molar-refractivity contribution is -0.126. The maximum atomic E-state index is 12.8. The normalized spacial score (nSPS) is 22.5. The molecule has 0 saturated carbocycles. The van der Waals surface area contributed by atoms with Crippen molar-refractivity contribution >= 4 is 39.1 Å². The predicted molar refractivity (Wildman–Crippen MR) is 99.9 cm³/mol. The van der Waals surface area contributed by atoms with Crippen LogP contribution in [0.15, 0.2) is 23.1 Å². The molecule has 1 N–H and O–H groups in total. The third-order valence-corrected chi connectivity index (χ3v) is 7.72. The van der Waals surface area contributed by atoms with Crippen molar-refractivity contribution in [2.75, 3.05) is 26.2 Å². The summed E-state index contributed by atoms with van der Waals surface area (Å²) >= 11 is 12.1. The van der Waals surface area contributed by atoms with E-state index < -0.39 is 10.0 Å². The molecule has 0 aromatic heterocycles. The van der Waals surface area contributed by atoms with Crippen LogP contribution in [0.4, 0.5) is 0 Å². The first-order chi connectivity index (χ1) is 12.4. The molecule has 1 aromatic carbocycles. The topological polar surface area (TPSA) is 75.7 Å². The van der Waals surface area contributed by atoms with Crippen LogP contribution in [0.25, 0.3) is 0 Å². The Kier molecular flexibility index (Phi) is 6.45. The van der Waals surface area contributed by atoms with Crippen LogP contribution in [0.2, 0.25) is 10.0 Å². The summed E-state index contributed by atoms with van der Waals surface area (Å²) in [5.41, 5.74) is 0. The summed E-state index contributed by atoms with van der Waals surface area (Å²) in [7, 11) is -3.78. The minimum Gasteiger partial charge on any atom is -0.376 e. The van der Waals surface area contributed by atoms with E-state index in [-0.39, 0.29) is 46.0 Å². The van der Waals surface area contributed by atoms with Gasteiger partial charge in [0.1, 0.15) is 4.90 Å². The molecule has 0 radical (unpaired) electrons. The minimum atomic E-state index is -3.78. The van der Waals surface area contributed by atoms with Gasteiger partial charge in [-0.2, -0.15) is 4.31 Å². The molecule has 2 aliphatic rings. The Hall–Kier alpha value is -0.860. The van der Waals surface area contributed by atoms with Crippen molar-refractivity contribution in [1.82, 2.24) is 9.62 Å². The fourth-order valence-corrected chi connectivity index (χ4v) is 5.94. The largest absolute Gasteiger partial charge is 0.376 e. The highest BCUT2D eigenvalue weighted by Gasteiger charge is 2.34. The van der Waals surface area contributed by atoms with E-state index in [1.807, 2.05) is 0 Å². The van der Waals surface area contributed by atoms with E-state index in [1.165, 1.54) is 16.4 Å². The number of rotatable bonds is 5. The Labute approximate surface area is 163 Å². The number of sulfonamides is 1. The first kappa shape index (κ1) is 19.9. The summed E-state index contributed by atoms with van der Waals surface area (Å²) in [5.74, 6) is -0.224. The second-order valence-corrected chi connectivity index (χ2v) is 9.30. The van der Waals surface area contributed by atoms with Crippen LogP contribution in [0, 0.1) is 5.92 Å². The van der Waals surface area contributed by atoms with Crippen molar-refractivity contribution < 1.29 is 17.9 Å². The Morgan fingerprint density at radius 1 is 1.19 bits per heavy atom. The third kappa shape index (κ3) is 4.34. The van der Waals surface area contributed by atoms with Crippen molar-refractivity contribution in [3.05, 3.63) is 28.2 Å². The summed E-state index contributed by atoms with van der Waals surface area (Å²) in [6, 6.07) is 4.62. The average molecular weight is 421 g/mol. The fourth-order valence-electron chi connectivity index (χ4n) is 3.38. The van der Waals surface area contributed by atoms with E-state index in [0.717, 1.165) is 19.4 Å². The van der Waals surface area contributed by atoms with Gasteiger partial charge in [-0.15, -0.1) is 0 Å². The van der Waals surface area contributed by atoms with Crippen LogP contribution in [0.5, 0.6) is 0 Å². The van der Waals surface area contributed by atoms with Crippen LogP contribution in [-0.4, -0.2) is 51.0 Å². The standard InChI is InChI=1S/C17H22Cl2N2O4S/c18-14-4-1-5-15(19)16(14)26(23,24)21-8-6-12(7-9-21)17(22)20-11-13-3-2-10-25-13/h1,4-5,12-13H,2-3,6-11H2,(H,20,22). The second kappa shape index (κ2) is 8.44. The Morgan fingerprint density at radius 2 is 1.85 bits per heavy atom. The van der Waals surface area contributed by atoms with E-state index in [2.05, 4.69) is 5.32 Å². The van der Waals surface area contributed by atoms with E-state index in [9.17, 15) is 13.2 Å². The molecule has 3 rings (SSSR count). The van der Waals surface area contributed by atoms with Crippen molar-refractivity contribution in [1.29, 1.82) is 0 Å². The SMILES string of the molecule is O=C(NCC1CCCO1)C1CCN(S(=O)(=O)c2c(Cl)cccc2Cl)CC1. The van der Waals surface area contributed by atoms with Gasteiger partial charge in [-0.25, -0.2) is 8.42 Å². The fraction of sp³-hybridized carbons (Fsp3) is 0.588. The Morgan fingerprint density at radius 3 is 2.42 bits per heavy atom. The number of amides is 1. The summed E-state index contributed by atoms with van der Waals surface area (Å²) < 4.78 is 32.5. The van der Waals surface area contributed by atoms with Gasteiger partial charge < -0.3 is 10.1 Å². The van der Waals surface area contributed by atoms with Crippen molar-refractivity contribution in [2.45, 2.75) is 36.7 Å². The van der Waals surface area contributed by atoms with Gasteiger partial charge in [0, 0.05) is 32.2 Å². The van der Waals surface area contributed by atoms with Crippen LogP contribution in [0.1, 0.15) is 25.7 Å². The van der Waals surface area contributed by atoms with Gasteiger partial charge in [-0.3, -0.25) is 4.79 Å². The van der Waals surface area contributed by atoms with Crippen LogP contribution < -0.4 is 5.32 Å². The number of hydrogen-bond donors (Lipinski definition) is 1. The molecule has 0 aliphatic carbocycles. The quantitative estimate of drug-likeness (QED) is 0.794. The zero-order valence-electron chi connectivity index (χ0n) is 14.3. The molecule has 6 nitrogen and oxygen atoms in total. The smallest absolute Gasteiger partial charge is 0.246 e. The predicted octanol–water partition coefficient (Wildman–Crippen LogP) is 2.69. The molecular formula is C17H22Cl2N2O4S. The van der Waals surface area contributed by atoms with Crippen molar-refractivity contribution in [3.63, 3.8) is 0 Å². The zero-order valence-corrected chi connectivity index (χ0v) is 16.6. The molecule has 0 spiro atoms. The lowest BCUT2D eigenvalue weighted by Gasteiger charge is -2.31. The van der Waals surface area contributed by atoms with Gasteiger partial charge in [0.2, 0.25) is 15.9 Å². The molecule has 2 aliphatic heterocycles. The van der Waals surface area contributed by atoms with Crippen LogP contribution >= 0.6 is 23.2 Å². The van der Waals surface area contributed by atoms with Gasteiger partial charge in [-0.05, 0) is 37.8 Å². The Balaban J connectivity index is 1.58. The Bertz CT molecular complexity index is 738. The third-order valence-electron chi connectivity index (χ3n) is 4.87. The molecule has 2 saturated heterocycles. The summed E-state index contributed by atoms with van der Waals surface area (Å²) in [6.45, 7) is 1.80. The lowest BCUT2D eigenvalue weighted by atomic mass is 9.97. The molecule has 1 aromatic rings. The minimum absolute atomic E-state index is 0.0340. The molecule has 2 heterocycles. The van der Waals surface area contributed by atoms with Gasteiger partial charge in [-0.1, -0.05) is 29.3 Å². The number of benzene rings is 1. The molecule has 1 amide bonds. The maximum Gasteiger partial charge on any atom is 0.246 e. The van der Waals surface area contributed by atoms with Gasteiger partial charge in [0.05, 0.1) is 16.1 Å². The molecule has 1 atom stereocenters. The monoisotopic (exact) mass is 420 g/mol. The molecule has 26 heavy (non-hydrogen) atoms. The highest BCUT2D eigenvalue weighted by atomic mass is 35.5. The second-order valence-electron chi connectivity index (χ2n) is 6.61. The maximum absolute atomic E-state index is 12.8. The number of carbonyl (C=O) groups excluding carboxylic acids is 1. The summed E-state index contributed by atoms with van der Waals surface area (Å²) in [5, 5.41) is 3.13. The molecule has 2 fully saturated rings. The highest BCUT2D eigenvalue weighted by Crippen LogP contribution is 2.33. The molecule has 0 bridgehead atoms. The summed E-state index contributed by atoms with van der Waals surface area (Å²) in [4.78, 5) is 12.2. The lowest BCUT2D eigenvalue weighted by Crippen LogP contribution is -2.44. The zero-order chi connectivity index (χ0) is 18.7. The van der Waals surface area contributed by atoms with E-state index in [1.54, 1.807) is 6.07 Å². The van der Waals surface area contributed by atoms with E-state index in [4.69, 9.17) is 27.9 Å². The number of nitrogens with one attached hydrogen (secondary N) is 1. The number of hydrogen-bond acceptors (Lipinski definition) is 4. The van der Waals surface area contributed by atoms with Gasteiger partial charge in [0.15, 0.2) is 0 Å². The first-order valence-electron chi connectivity index (χ1n) is 8.73. The average Bonchev–Trinajstić information content (AvgIpc) is 3.13. The van der Waals surface area contributed by atoms with E-state index >= 15 is 0 Å². The van der Waals surface area contributed by atoms with Crippen LogP contribution in [0.3, 0.4) is 0 Å². The van der Waals surface area contributed by atoms with Crippen LogP contribution in [-0.2, 0) is 19.6 Å². The molecule has 9 heteroatoms. The van der Waals surface area contributed by atoms with Crippen molar-refractivity contribution in [3.8, 4) is 0 Å². The van der Waals surface area contributed by atoms with E-state index in [0.29, 0.717) is 19.4 Å². The highest BCUT2D eigenvalue weighted by molar-refractivity contribution is 7.89. The van der Waals surface area contributed by atoms with Gasteiger partial charge in [0.25, 0.3) is 0 Å². The number of ether oxygens (including phenoxy) is 1. The summed E-state index contributed by atoms with van der Waals surface area (Å²) in [6.07, 6.45) is 3.04. The number of carbonyl (C=O) groups is 1. The van der Waals surface area contributed by atoms with Gasteiger partial charge >= 0.3 is 0 Å². The molecule has 144 valence electrons.